The molecule has 110 valence electrons. The van der Waals surface area contributed by atoms with Crippen LogP contribution in [0.4, 0.5) is 11.4 Å². The van der Waals surface area contributed by atoms with Gasteiger partial charge in [-0.05, 0) is 24.6 Å². The molecule has 0 fully saturated rings. The van der Waals surface area contributed by atoms with E-state index in [0.717, 1.165) is 5.56 Å². The number of rotatable bonds is 4. The van der Waals surface area contributed by atoms with E-state index in [0.29, 0.717) is 28.5 Å². The molecule has 0 radical (unpaired) electrons. The van der Waals surface area contributed by atoms with E-state index < -0.39 is 5.91 Å². The Morgan fingerprint density at radius 3 is 2.43 bits per heavy atom. The van der Waals surface area contributed by atoms with Crippen LogP contribution in [-0.4, -0.2) is 13.0 Å². The van der Waals surface area contributed by atoms with Crippen molar-refractivity contribution in [3.63, 3.8) is 0 Å². The number of carbonyl (C=O) groups excluding carboxylic acids is 1. The summed E-state index contributed by atoms with van der Waals surface area (Å²) in [5.74, 6) is -0.546. The fourth-order valence-electron chi connectivity index (χ4n) is 2.24. The molecule has 21 heavy (non-hydrogen) atoms. The standard InChI is InChI=1S/C16H18ClN3O/c1-10-3-5-11(6-4-10)9-20(2)15-13(16(19)21)7-12(18)8-14(15)17/h3-8H,9,18H2,1-2H3,(H2,19,21). The molecule has 5 heteroatoms. The minimum absolute atomic E-state index is 0.328. The SMILES string of the molecule is Cc1ccc(CN(C)c2c(Cl)cc(N)cc2C(N)=O)cc1. The molecule has 0 unspecified atom stereocenters. The van der Waals surface area contributed by atoms with E-state index in [4.69, 9.17) is 23.1 Å². The summed E-state index contributed by atoms with van der Waals surface area (Å²) in [5.41, 5.74) is 14.8. The predicted octanol–water partition coefficient (Wildman–Crippen LogP) is 2.97. The second-order valence-corrected chi connectivity index (χ2v) is 5.51. The molecule has 0 aromatic heterocycles. The fourth-order valence-corrected chi connectivity index (χ4v) is 2.61. The molecule has 2 aromatic carbocycles. The van der Waals surface area contributed by atoms with Crippen LogP contribution in [0.25, 0.3) is 0 Å². The maximum absolute atomic E-state index is 11.6. The van der Waals surface area contributed by atoms with Crippen LogP contribution in [0.1, 0.15) is 21.5 Å². The van der Waals surface area contributed by atoms with Gasteiger partial charge in [0.15, 0.2) is 0 Å². The smallest absolute Gasteiger partial charge is 0.250 e. The van der Waals surface area contributed by atoms with Gasteiger partial charge in [-0.2, -0.15) is 0 Å². The van der Waals surface area contributed by atoms with Gasteiger partial charge in [0.2, 0.25) is 0 Å². The van der Waals surface area contributed by atoms with Crippen molar-refractivity contribution < 1.29 is 4.79 Å². The molecular weight excluding hydrogens is 286 g/mol. The van der Waals surface area contributed by atoms with Crippen LogP contribution >= 0.6 is 11.6 Å². The topological polar surface area (TPSA) is 72.3 Å². The number of hydrogen-bond acceptors (Lipinski definition) is 3. The van der Waals surface area contributed by atoms with Crippen LogP contribution in [0.5, 0.6) is 0 Å². The first-order valence-corrected chi connectivity index (χ1v) is 6.92. The van der Waals surface area contributed by atoms with Crippen molar-refractivity contribution in [2.45, 2.75) is 13.5 Å². The summed E-state index contributed by atoms with van der Waals surface area (Å²) in [6.07, 6.45) is 0. The van der Waals surface area contributed by atoms with Gasteiger partial charge in [-0.15, -0.1) is 0 Å². The van der Waals surface area contributed by atoms with E-state index in [9.17, 15) is 4.79 Å². The minimum Gasteiger partial charge on any atom is -0.399 e. The molecule has 0 bridgehead atoms. The van der Waals surface area contributed by atoms with Gasteiger partial charge in [-0.1, -0.05) is 41.4 Å². The maximum Gasteiger partial charge on any atom is 0.250 e. The van der Waals surface area contributed by atoms with Crippen LogP contribution in [-0.2, 0) is 6.54 Å². The quantitative estimate of drug-likeness (QED) is 0.853. The lowest BCUT2D eigenvalue weighted by atomic mass is 10.1. The van der Waals surface area contributed by atoms with Gasteiger partial charge in [-0.25, -0.2) is 0 Å². The predicted molar refractivity (Wildman–Crippen MR) is 87.7 cm³/mol. The number of nitrogen functional groups attached to an aromatic ring is 1. The normalized spacial score (nSPS) is 10.4. The summed E-state index contributed by atoms with van der Waals surface area (Å²) in [6.45, 7) is 2.65. The van der Waals surface area contributed by atoms with E-state index in [1.165, 1.54) is 5.56 Å². The second kappa shape index (κ2) is 6.06. The van der Waals surface area contributed by atoms with E-state index in [-0.39, 0.29) is 0 Å². The highest BCUT2D eigenvalue weighted by Gasteiger charge is 2.17. The van der Waals surface area contributed by atoms with Crippen LogP contribution in [0, 0.1) is 6.92 Å². The van der Waals surface area contributed by atoms with Crippen molar-refractivity contribution in [3.8, 4) is 0 Å². The zero-order valence-corrected chi connectivity index (χ0v) is 12.8. The second-order valence-electron chi connectivity index (χ2n) is 5.10. The summed E-state index contributed by atoms with van der Waals surface area (Å²) in [6, 6.07) is 11.3. The first-order valence-electron chi connectivity index (χ1n) is 6.54. The van der Waals surface area contributed by atoms with Gasteiger partial charge in [0.25, 0.3) is 5.91 Å². The Hall–Kier alpha value is -2.20. The van der Waals surface area contributed by atoms with Crippen molar-refractivity contribution in [3.05, 3.63) is 58.1 Å². The Bertz CT molecular complexity index is 668. The summed E-state index contributed by atoms with van der Waals surface area (Å²) < 4.78 is 0. The highest BCUT2D eigenvalue weighted by Crippen LogP contribution is 2.32. The lowest BCUT2D eigenvalue weighted by molar-refractivity contribution is 0.100. The van der Waals surface area contributed by atoms with Crippen molar-refractivity contribution >= 4 is 28.9 Å². The number of halogens is 1. The number of nitrogens with two attached hydrogens (primary N) is 2. The molecule has 0 aliphatic rings. The van der Waals surface area contributed by atoms with Crippen molar-refractivity contribution in [2.24, 2.45) is 5.73 Å². The zero-order chi connectivity index (χ0) is 15.6. The van der Waals surface area contributed by atoms with Gasteiger partial charge < -0.3 is 16.4 Å². The van der Waals surface area contributed by atoms with Crippen molar-refractivity contribution in [1.82, 2.24) is 0 Å². The van der Waals surface area contributed by atoms with Crippen molar-refractivity contribution in [1.29, 1.82) is 0 Å². The number of anilines is 2. The largest absolute Gasteiger partial charge is 0.399 e. The Kier molecular flexibility index (Phi) is 4.38. The third-order valence-electron chi connectivity index (χ3n) is 3.27. The zero-order valence-electron chi connectivity index (χ0n) is 12.1. The van der Waals surface area contributed by atoms with E-state index >= 15 is 0 Å². The number of nitrogens with zero attached hydrogens (tertiary/aromatic N) is 1. The van der Waals surface area contributed by atoms with Gasteiger partial charge in [0.1, 0.15) is 0 Å². The van der Waals surface area contributed by atoms with Gasteiger partial charge >= 0.3 is 0 Å². The van der Waals surface area contributed by atoms with Gasteiger partial charge in [-0.3, -0.25) is 4.79 Å². The van der Waals surface area contributed by atoms with Crippen LogP contribution in [0.2, 0.25) is 5.02 Å². The first kappa shape index (κ1) is 15.2. The molecular formula is C16H18ClN3O. The molecule has 0 saturated carbocycles. The maximum atomic E-state index is 11.6. The van der Waals surface area contributed by atoms with Crippen LogP contribution < -0.4 is 16.4 Å². The molecule has 0 aliphatic carbocycles. The number of hydrogen-bond donors (Lipinski definition) is 2. The molecule has 0 spiro atoms. The lowest BCUT2D eigenvalue weighted by Crippen LogP contribution is -2.22. The molecule has 0 aliphatic heterocycles. The highest BCUT2D eigenvalue weighted by atomic mass is 35.5. The average molecular weight is 304 g/mol. The first-order chi connectivity index (χ1) is 9.88. The molecule has 4 N–H and O–H groups in total. The summed E-state index contributed by atoms with van der Waals surface area (Å²) in [7, 11) is 1.86. The van der Waals surface area contributed by atoms with Gasteiger partial charge in [0.05, 0.1) is 16.3 Å². The Labute approximate surface area is 129 Å². The van der Waals surface area contributed by atoms with Crippen molar-refractivity contribution in [2.75, 3.05) is 17.7 Å². The molecule has 0 heterocycles. The van der Waals surface area contributed by atoms with E-state index in [1.54, 1.807) is 12.1 Å². The van der Waals surface area contributed by atoms with E-state index in [1.807, 2.05) is 43.1 Å². The number of aryl methyl sites for hydroxylation is 1. The average Bonchev–Trinajstić information content (AvgIpc) is 2.40. The molecule has 2 aromatic rings. The highest BCUT2D eigenvalue weighted by molar-refractivity contribution is 6.34. The molecule has 0 saturated heterocycles. The van der Waals surface area contributed by atoms with Crippen LogP contribution in [0.15, 0.2) is 36.4 Å². The summed E-state index contributed by atoms with van der Waals surface area (Å²) >= 11 is 6.24. The number of amides is 1. The third kappa shape index (κ3) is 3.47. The lowest BCUT2D eigenvalue weighted by Gasteiger charge is -2.23. The fraction of sp³-hybridized carbons (Fsp3) is 0.188. The molecule has 2 rings (SSSR count). The number of benzene rings is 2. The Morgan fingerprint density at radius 1 is 1.24 bits per heavy atom. The summed E-state index contributed by atoms with van der Waals surface area (Å²) in [4.78, 5) is 13.5. The minimum atomic E-state index is -0.546. The Morgan fingerprint density at radius 2 is 1.86 bits per heavy atom. The monoisotopic (exact) mass is 303 g/mol. The molecule has 0 atom stereocenters. The Balaban J connectivity index is 2.36. The van der Waals surface area contributed by atoms with Crippen LogP contribution in [0.3, 0.4) is 0 Å². The molecule has 4 nitrogen and oxygen atoms in total. The summed E-state index contributed by atoms with van der Waals surface area (Å²) in [5, 5.41) is 0.415. The number of carbonyl (C=O) groups is 1. The van der Waals surface area contributed by atoms with E-state index in [2.05, 4.69) is 0 Å². The third-order valence-corrected chi connectivity index (χ3v) is 3.56. The van der Waals surface area contributed by atoms with Gasteiger partial charge in [0, 0.05) is 19.3 Å². The molecule has 1 amide bonds. The number of primary amides is 1.